The van der Waals surface area contributed by atoms with E-state index in [4.69, 9.17) is 11.5 Å². The van der Waals surface area contributed by atoms with Crippen LogP contribution >= 0.6 is 11.3 Å². The summed E-state index contributed by atoms with van der Waals surface area (Å²) < 4.78 is 26.0. The summed E-state index contributed by atoms with van der Waals surface area (Å²) in [7, 11) is 0. The molecule has 0 unspecified atom stereocenters. The van der Waals surface area contributed by atoms with Crippen LogP contribution in [0.1, 0.15) is 37.3 Å². The van der Waals surface area contributed by atoms with Crippen molar-refractivity contribution >= 4 is 22.4 Å². The standard InChI is InChI=1S/C10H14F2N4S/c11-10(12)3-1-6(2-4-10)7-5-17-9(15-7)16-8(13)14/h5-6H,1-4H2,(H4,13,14,15,16). The van der Waals surface area contributed by atoms with E-state index in [-0.39, 0.29) is 24.7 Å². The highest BCUT2D eigenvalue weighted by Gasteiger charge is 2.36. The Kier molecular flexibility index (Phi) is 3.28. The van der Waals surface area contributed by atoms with Crippen molar-refractivity contribution in [2.75, 3.05) is 0 Å². The van der Waals surface area contributed by atoms with Crippen LogP contribution in [0.25, 0.3) is 0 Å². The van der Waals surface area contributed by atoms with Gasteiger partial charge in [-0.3, -0.25) is 0 Å². The van der Waals surface area contributed by atoms with Gasteiger partial charge in [0.25, 0.3) is 0 Å². The minimum absolute atomic E-state index is 0.0407. The van der Waals surface area contributed by atoms with Crippen LogP contribution in [0.15, 0.2) is 10.4 Å². The van der Waals surface area contributed by atoms with E-state index in [9.17, 15) is 8.78 Å². The smallest absolute Gasteiger partial charge is 0.248 e. The molecule has 17 heavy (non-hydrogen) atoms. The summed E-state index contributed by atoms with van der Waals surface area (Å²) in [5.41, 5.74) is 11.3. The second kappa shape index (κ2) is 4.56. The summed E-state index contributed by atoms with van der Waals surface area (Å²) in [5.74, 6) is -2.44. The van der Waals surface area contributed by atoms with Crippen molar-refractivity contribution < 1.29 is 8.78 Å². The van der Waals surface area contributed by atoms with Crippen LogP contribution < -0.4 is 11.5 Å². The Morgan fingerprint density at radius 1 is 1.41 bits per heavy atom. The largest absolute Gasteiger partial charge is 0.370 e. The molecule has 0 spiro atoms. The summed E-state index contributed by atoms with van der Waals surface area (Å²) in [6.45, 7) is 0. The van der Waals surface area contributed by atoms with E-state index in [1.807, 2.05) is 5.38 Å². The molecule has 4 N–H and O–H groups in total. The lowest BCUT2D eigenvalue weighted by atomic mass is 9.85. The van der Waals surface area contributed by atoms with Crippen LogP contribution in [-0.4, -0.2) is 16.9 Å². The highest BCUT2D eigenvalue weighted by molar-refractivity contribution is 7.13. The second-order valence-electron chi connectivity index (χ2n) is 4.22. The number of thiazole rings is 1. The summed E-state index contributed by atoms with van der Waals surface area (Å²) in [6, 6.07) is 0. The van der Waals surface area contributed by atoms with Gasteiger partial charge in [0.1, 0.15) is 0 Å². The number of hydrogen-bond acceptors (Lipinski definition) is 3. The minimum Gasteiger partial charge on any atom is -0.370 e. The molecule has 0 atom stereocenters. The molecule has 1 saturated carbocycles. The van der Waals surface area contributed by atoms with Gasteiger partial charge in [-0.15, -0.1) is 11.3 Å². The Balaban J connectivity index is 2.04. The molecule has 1 aromatic rings. The van der Waals surface area contributed by atoms with Gasteiger partial charge in [0.2, 0.25) is 11.1 Å². The van der Waals surface area contributed by atoms with Crippen molar-refractivity contribution in [2.45, 2.75) is 37.5 Å². The molecule has 0 amide bonds. The molecule has 0 aromatic carbocycles. The Hall–Kier alpha value is -1.24. The zero-order chi connectivity index (χ0) is 12.5. The maximum Gasteiger partial charge on any atom is 0.248 e. The molecule has 0 saturated heterocycles. The van der Waals surface area contributed by atoms with E-state index < -0.39 is 5.92 Å². The van der Waals surface area contributed by atoms with Gasteiger partial charge in [0, 0.05) is 24.1 Å². The number of aliphatic imine (C=N–C) groups is 1. The molecule has 2 rings (SSSR count). The Morgan fingerprint density at radius 2 is 2.06 bits per heavy atom. The summed E-state index contributed by atoms with van der Waals surface area (Å²) in [6.07, 6.45) is 0.815. The van der Waals surface area contributed by atoms with Crippen molar-refractivity contribution in [3.63, 3.8) is 0 Å². The summed E-state index contributed by atoms with van der Waals surface area (Å²) in [5, 5.41) is 2.33. The van der Waals surface area contributed by atoms with Gasteiger partial charge in [0.15, 0.2) is 5.96 Å². The van der Waals surface area contributed by atoms with Gasteiger partial charge in [-0.05, 0) is 12.8 Å². The molecular weight excluding hydrogens is 246 g/mol. The molecule has 0 bridgehead atoms. The number of guanidine groups is 1. The lowest BCUT2D eigenvalue weighted by Crippen LogP contribution is -2.23. The predicted octanol–water partition coefficient (Wildman–Crippen LogP) is 2.34. The van der Waals surface area contributed by atoms with E-state index in [0.717, 1.165) is 5.69 Å². The highest BCUT2D eigenvalue weighted by atomic mass is 32.1. The van der Waals surface area contributed by atoms with Gasteiger partial charge < -0.3 is 11.5 Å². The fourth-order valence-corrected chi connectivity index (χ4v) is 2.75. The van der Waals surface area contributed by atoms with Crippen molar-refractivity contribution in [2.24, 2.45) is 16.5 Å². The first kappa shape index (κ1) is 12.2. The zero-order valence-electron chi connectivity index (χ0n) is 9.20. The number of alkyl halides is 2. The molecule has 1 aliphatic carbocycles. The third kappa shape index (κ3) is 3.12. The van der Waals surface area contributed by atoms with E-state index in [2.05, 4.69) is 9.98 Å². The fraction of sp³-hybridized carbons (Fsp3) is 0.600. The first-order valence-electron chi connectivity index (χ1n) is 5.39. The Bertz CT molecular complexity index is 416. The average Bonchev–Trinajstić information content (AvgIpc) is 2.65. The lowest BCUT2D eigenvalue weighted by Gasteiger charge is -2.26. The van der Waals surface area contributed by atoms with Crippen LogP contribution in [0.5, 0.6) is 0 Å². The Morgan fingerprint density at radius 3 is 2.65 bits per heavy atom. The van der Waals surface area contributed by atoms with Crippen LogP contribution in [0, 0.1) is 0 Å². The zero-order valence-corrected chi connectivity index (χ0v) is 10.0. The number of hydrogen-bond donors (Lipinski definition) is 2. The molecule has 4 nitrogen and oxygen atoms in total. The SMILES string of the molecule is NC(N)=Nc1nc(C2CCC(F)(F)CC2)cs1. The molecule has 1 aromatic heterocycles. The summed E-state index contributed by atoms with van der Waals surface area (Å²) >= 11 is 1.33. The van der Waals surface area contributed by atoms with Crippen LogP contribution in [0.3, 0.4) is 0 Å². The molecule has 1 aliphatic rings. The van der Waals surface area contributed by atoms with Gasteiger partial charge >= 0.3 is 0 Å². The van der Waals surface area contributed by atoms with Gasteiger partial charge in [-0.25, -0.2) is 13.8 Å². The molecule has 1 heterocycles. The highest BCUT2D eigenvalue weighted by Crippen LogP contribution is 2.41. The molecule has 0 aliphatic heterocycles. The maximum atomic E-state index is 13.0. The number of halogens is 2. The van der Waals surface area contributed by atoms with E-state index in [0.29, 0.717) is 18.0 Å². The molecule has 0 radical (unpaired) electrons. The van der Waals surface area contributed by atoms with Crippen molar-refractivity contribution in [1.29, 1.82) is 0 Å². The second-order valence-corrected chi connectivity index (χ2v) is 5.06. The minimum atomic E-state index is -2.50. The number of nitrogens with zero attached hydrogens (tertiary/aromatic N) is 2. The number of rotatable bonds is 2. The van der Waals surface area contributed by atoms with Crippen molar-refractivity contribution in [3.05, 3.63) is 11.1 Å². The number of aromatic nitrogens is 1. The van der Waals surface area contributed by atoms with Crippen LogP contribution in [0.2, 0.25) is 0 Å². The van der Waals surface area contributed by atoms with Gasteiger partial charge in [-0.2, -0.15) is 4.99 Å². The van der Waals surface area contributed by atoms with Gasteiger partial charge in [-0.1, -0.05) is 0 Å². The van der Waals surface area contributed by atoms with Crippen LogP contribution in [0.4, 0.5) is 13.9 Å². The van der Waals surface area contributed by atoms with Crippen LogP contribution in [-0.2, 0) is 0 Å². The fourth-order valence-electron chi connectivity index (χ4n) is 1.96. The normalized spacial score (nSPS) is 20.1. The van der Waals surface area contributed by atoms with Crippen molar-refractivity contribution in [1.82, 2.24) is 4.98 Å². The lowest BCUT2D eigenvalue weighted by molar-refractivity contribution is -0.0384. The topological polar surface area (TPSA) is 77.3 Å². The average molecular weight is 260 g/mol. The predicted molar refractivity (Wildman–Crippen MR) is 63.7 cm³/mol. The summed E-state index contributed by atoms with van der Waals surface area (Å²) in [4.78, 5) is 8.08. The first-order chi connectivity index (χ1) is 7.96. The van der Waals surface area contributed by atoms with E-state index in [1.54, 1.807) is 0 Å². The molecule has 7 heteroatoms. The van der Waals surface area contributed by atoms with E-state index >= 15 is 0 Å². The monoisotopic (exact) mass is 260 g/mol. The van der Waals surface area contributed by atoms with Crippen molar-refractivity contribution in [3.8, 4) is 0 Å². The molecule has 94 valence electrons. The third-order valence-corrected chi connectivity index (χ3v) is 3.62. The number of nitrogens with two attached hydrogens (primary N) is 2. The van der Waals surface area contributed by atoms with E-state index in [1.165, 1.54) is 11.3 Å². The first-order valence-corrected chi connectivity index (χ1v) is 6.27. The third-order valence-electron chi connectivity index (χ3n) is 2.87. The Labute approximate surface area is 102 Å². The van der Waals surface area contributed by atoms with Gasteiger partial charge in [0.05, 0.1) is 5.69 Å². The molecule has 1 fully saturated rings. The molecular formula is C10H14F2N4S. The quantitative estimate of drug-likeness (QED) is 0.633. The maximum absolute atomic E-state index is 13.0.